The Hall–Kier alpha value is -1.04. The number of hydrogen-bond donors (Lipinski definition) is 1. The third-order valence-corrected chi connectivity index (χ3v) is 3.52. The Kier molecular flexibility index (Phi) is 5.88. The van der Waals surface area contributed by atoms with Gasteiger partial charge in [0.25, 0.3) is 0 Å². The van der Waals surface area contributed by atoms with Gasteiger partial charge in [0, 0.05) is 11.4 Å². The van der Waals surface area contributed by atoms with Crippen molar-refractivity contribution in [1.82, 2.24) is 15.3 Å². The van der Waals surface area contributed by atoms with E-state index in [1.165, 1.54) is 5.56 Å². The molecular formula is C15H25N3O2. The first-order valence-electron chi connectivity index (χ1n) is 7.46. The van der Waals surface area contributed by atoms with Gasteiger partial charge in [-0.05, 0) is 45.3 Å². The van der Waals surface area contributed by atoms with Gasteiger partial charge in [-0.3, -0.25) is 0 Å². The highest BCUT2D eigenvalue weighted by molar-refractivity contribution is 5.25. The van der Waals surface area contributed by atoms with Gasteiger partial charge < -0.3 is 14.8 Å². The molecule has 1 aliphatic heterocycles. The van der Waals surface area contributed by atoms with Crippen molar-refractivity contribution in [2.75, 3.05) is 32.9 Å². The lowest BCUT2D eigenvalue weighted by Gasteiger charge is -2.23. The Morgan fingerprint density at radius 1 is 1.15 bits per heavy atom. The molecule has 0 amide bonds. The first kappa shape index (κ1) is 15.4. The van der Waals surface area contributed by atoms with Crippen LogP contribution in [0, 0.1) is 13.8 Å². The van der Waals surface area contributed by atoms with E-state index < -0.39 is 0 Å². The fourth-order valence-electron chi connectivity index (χ4n) is 2.42. The molecule has 2 rings (SSSR count). The molecule has 1 unspecified atom stereocenters. The minimum absolute atomic E-state index is 0.117. The molecule has 1 aromatic heterocycles. The predicted octanol–water partition coefficient (Wildman–Crippen LogP) is 1.72. The molecule has 0 saturated carbocycles. The third kappa shape index (κ3) is 3.98. The number of aromatic nitrogens is 2. The van der Waals surface area contributed by atoms with E-state index in [1.807, 2.05) is 0 Å². The van der Waals surface area contributed by atoms with Crippen LogP contribution in [0.1, 0.15) is 42.2 Å². The van der Waals surface area contributed by atoms with Gasteiger partial charge in [0.15, 0.2) is 5.82 Å². The zero-order valence-electron chi connectivity index (χ0n) is 12.7. The molecule has 5 nitrogen and oxygen atoms in total. The molecule has 0 radical (unpaired) electrons. The zero-order chi connectivity index (χ0) is 14.4. The molecule has 1 fully saturated rings. The van der Waals surface area contributed by atoms with Gasteiger partial charge in [0.1, 0.15) is 6.10 Å². The molecule has 1 atom stereocenters. The van der Waals surface area contributed by atoms with Crippen molar-refractivity contribution in [2.45, 2.75) is 39.7 Å². The lowest BCUT2D eigenvalue weighted by molar-refractivity contribution is -0.0936. The molecule has 0 aromatic carbocycles. The van der Waals surface area contributed by atoms with Gasteiger partial charge in [-0.25, -0.2) is 9.97 Å². The summed E-state index contributed by atoms with van der Waals surface area (Å²) in [5.41, 5.74) is 3.36. The predicted molar refractivity (Wildman–Crippen MR) is 77.9 cm³/mol. The number of rotatable bonds is 6. The maximum absolute atomic E-state index is 5.66. The highest BCUT2D eigenvalue weighted by atomic mass is 16.6. The first-order chi connectivity index (χ1) is 9.72. The van der Waals surface area contributed by atoms with E-state index in [1.54, 1.807) is 0 Å². The summed E-state index contributed by atoms with van der Waals surface area (Å²) in [4.78, 5) is 9.23. The molecule has 1 saturated heterocycles. The minimum Gasteiger partial charge on any atom is -0.376 e. The monoisotopic (exact) mass is 279 g/mol. The average molecular weight is 279 g/mol. The Morgan fingerprint density at radius 2 is 1.90 bits per heavy atom. The van der Waals surface area contributed by atoms with Gasteiger partial charge >= 0.3 is 0 Å². The Bertz CT molecular complexity index is 408. The summed E-state index contributed by atoms with van der Waals surface area (Å²) in [5.74, 6) is 0.755. The second-order valence-electron chi connectivity index (χ2n) is 5.17. The van der Waals surface area contributed by atoms with E-state index in [0.717, 1.165) is 43.1 Å². The Balaban J connectivity index is 2.03. The Labute approximate surface area is 121 Å². The van der Waals surface area contributed by atoms with Crippen molar-refractivity contribution < 1.29 is 9.47 Å². The van der Waals surface area contributed by atoms with Crippen LogP contribution in [0.25, 0.3) is 0 Å². The van der Waals surface area contributed by atoms with Crippen LogP contribution >= 0.6 is 0 Å². The summed E-state index contributed by atoms with van der Waals surface area (Å²) in [5, 5.41) is 3.42. The van der Waals surface area contributed by atoms with Crippen molar-refractivity contribution >= 4 is 0 Å². The number of ether oxygens (including phenoxy) is 2. The van der Waals surface area contributed by atoms with E-state index >= 15 is 0 Å². The second-order valence-corrected chi connectivity index (χ2v) is 5.17. The van der Waals surface area contributed by atoms with Crippen LogP contribution in [0.5, 0.6) is 0 Å². The molecule has 1 N–H and O–H groups in total. The largest absolute Gasteiger partial charge is 0.376 e. The average Bonchev–Trinajstić information content (AvgIpc) is 2.46. The van der Waals surface area contributed by atoms with Gasteiger partial charge in [-0.15, -0.1) is 0 Å². The number of hydrogen-bond acceptors (Lipinski definition) is 5. The van der Waals surface area contributed by atoms with Gasteiger partial charge in [-0.2, -0.15) is 0 Å². The number of nitrogens with zero attached hydrogens (tertiary/aromatic N) is 2. The van der Waals surface area contributed by atoms with Crippen LogP contribution in [0.3, 0.4) is 0 Å². The zero-order valence-corrected chi connectivity index (χ0v) is 12.7. The van der Waals surface area contributed by atoms with Crippen molar-refractivity contribution in [2.24, 2.45) is 0 Å². The number of aryl methyl sites for hydroxylation is 2. The molecular weight excluding hydrogens is 254 g/mol. The first-order valence-corrected chi connectivity index (χ1v) is 7.46. The summed E-state index contributed by atoms with van der Waals surface area (Å²) >= 11 is 0. The molecule has 112 valence electrons. The summed E-state index contributed by atoms with van der Waals surface area (Å²) in [7, 11) is 0. The standard InChI is InChI=1S/C15H25N3O2/c1-4-6-16-7-5-13-11(2)17-15(18-12(13)3)14-10-19-8-9-20-14/h14,16H,4-10H2,1-3H3. The van der Waals surface area contributed by atoms with E-state index in [9.17, 15) is 0 Å². The van der Waals surface area contributed by atoms with Gasteiger partial charge in [0.05, 0.1) is 19.8 Å². The fraction of sp³-hybridized carbons (Fsp3) is 0.733. The van der Waals surface area contributed by atoms with Crippen molar-refractivity contribution in [1.29, 1.82) is 0 Å². The molecule has 0 spiro atoms. The summed E-state index contributed by atoms with van der Waals surface area (Å²) in [6.07, 6.45) is 2.01. The third-order valence-electron chi connectivity index (χ3n) is 3.52. The highest BCUT2D eigenvalue weighted by Crippen LogP contribution is 2.20. The van der Waals surface area contributed by atoms with Gasteiger partial charge in [-0.1, -0.05) is 6.92 Å². The SMILES string of the molecule is CCCNCCc1c(C)nc(C2COCCO2)nc1C. The van der Waals surface area contributed by atoms with Crippen LogP contribution in [0.15, 0.2) is 0 Å². The summed E-state index contributed by atoms with van der Waals surface area (Å²) in [6, 6.07) is 0. The maximum atomic E-state index is 5.66. The highest BCUT2D eigenvalue weighted by Gasteiger charge is 2.21. The normalized spacial score (nSPS) is 19.2. The van der Waals surface area contributed by atoms with E-state index in [4.69, 9.17) is 9.47 Å². The van der Waals surface area contributed by atoms with Crippen LogP contribution in [0.2, 0.25) is 0 Å². The van der Waals surface area contributed by atoms with Crippen molar-refractivity contribution in [3.8, 4) is 0 Å². The second kappa shape index (κ2) is 7.67. The molecule has 2 heterocycles. The smallest absolute Gasteiger partial charge is 0.160 e. The molecule has 0 bridgehead atoms. The Morgan fingerprint density at radius 3 is 2.50 bits per heavy atom. The fourth-order valence-corrected chi connectivity index (χ4v) is 2.42. The quantitative estimate of drug-likeness (QED) is 0.804. The lowest BCUT2D eigenvalue weighted by atomic mass is 10.1. The molecule has 20 heavy (non-hydrogen) atoms. The van der Waals surface area contributed by atoms with Crippen molar-refractivity contribution in [3.63, 3.8) is 0 Å². The minimum atomic E-state index is -0.117. The molecule has 1 aliphatic rings. The molecule has 5 heteroatoms. The maximum Gasteiger partial charge on any atom is 0.160 e. The van der Waals surface area contributed by atoms with E-state index in [2.05, 4.69) is 36.1 Å². The van der Waals surface area contributed by atoms with E-state index in [-0.39, 0.29) is 6.10 Å². The molecule has 1 aromatic rings. The van der Waals surface area contributed by atoms with Crippen LogP contribution in [-0.4, -0.2) is 42.9 Å². The topological polar surface area (TPSA) is 56.3 Å². The van der Waals surface area contributed by atoms with Crippen LogP contribution < -0.4 is 5.32 Å². The lowest BCUT2D eigenvalue weighted by Crippen LogP contribution is -2.25. The van der Waals surface area contributed by atoms with Crippen molar-refractivity contribution in [3.05, 3.63) is 22.8 Å². The summed E-state index contributed by atoms with van der Waals surface area (Å²) in [6.45, 7) is 10.1. The molecule has 0 aliphatic carbocycles. The van der Waals surface area contributed by atoms with Crippen LogP contribution in [-0.2, 0) is 15.9 Å². The van der Waals surface area contributed by atoms with Gasteiger partial charge in [0.2, 0.25) is 0 Å². The number of nitrogens with one attached hydrogen (secondary N) is 1. The van der Waals surface area contributed by atoms with E-state index in [0.29, 0.717) is 19.8 Å². The van der Waals surface area contributed by atoms with Crippen LogP contribution in [0.4, 0.5) is 0 Å². The summed E-state index contributed by atoms with van der Waals surface area (Å²) < 4.78 is 11.1.